The number of para-hydroxylation sites is 2. The number of thiocarbonyl (C=S) groups is 1. The van der Waals surface area contributed by atoms with Crippen molar-refractivity contribution in [2.45, 2.75) is 13.3 Å². The molecule has 2 N–H and O–H groups in total. The number of anilines is 1. The summed E-state index contributed by atoms with van der Waals surface area (Å²) in [6.45, 7) is 1.78. The predicted molar refractivity (Wildman–Crippen MR) is 99.7 cm³/mol. The fourth-order valence-corrected chi connectivity index (χ4v) is 3.36. The molecular formula is C17H15N3OS2. The van der Waals surface area contributed by atoms with Crippen molar-refractivity contribution in [2.75, 3.05) is 5.32 Å². The van der Waals surface area contributed by atoms with E-state index in [-0.39, 0.29) is 5.91 Å². The average molecular weight is 341 g/mol. The molecule has 0 atom stereocenters. The van der Waals surface area contributed by atoms with Gasteiger partial charge in [-0.15, -0.1) is 11.3 Å². The zero-order valence-corrected chi connectivity index (χ0v) is 14.1. The smallest absolute Gasteiger partial charge is 0.225 e. The Labute approximate surface area is 143 Å². The third-order valence-corrected chi connectivity index (χ3v) is 4.55. The van der Waals surface area contributed by atoms with Crippen LogP contribution < -0.4 is 10.6 Å². The number of benzene rings is 2. The van der Waals surface area contributed by atoms with Gasteiger partial charge in [-0.3, -0.25) is 4.79 Å². The lowest BCUT2D eigenvalue weighted by atomic mass is 10.2. The summed E-state index contributed by atoms with van der Waals surface area (Å²) in [5, 5.41) is 6.94. The van der Waals surface area contributed by atoms with Crippen LogP contribution in [0.1, 0.15) is 13.3 Å². The number of nitrogens with zero attached hydrogens (tertiary/aromatic N) is 1. The SMILES string of the molecule is CCC(=O)NC(=S)Nc1ccccc1-c1nc2ccccc2s1. The summed E-state index contributed by atoms with van der Waals surface area (Å²) in [6.07, 6.45) is 0.390. The molecule has 0 aliphatic rings. The van der Waals surface area contributed by atoms with Crippen molar-refractivity contribution in [1.29, 1.82) is 0 Å². The standard InChI is InChI=1S/C17H15N3OS2/c1-2-15(21)20-17(22)19-12-8-4-3-7-11(12)16-18-13-9-5-6-10-14(13)23-16/h3-10H,2H2,1H3,(H2,19,20,21,22). The van der Waals surface area contributed by atoms with Gasteiger partial charge < -0.3 is 10.6 Å². The number of carbonyl (C=O) groups is 1. The second-order valence-electron chi connectivity index (χ2n) is 4.89. The Bertz CT molecular complexity index is 840. The molecule has 6 heteroatoms. The molecule has 0 radical (unpaired) electrons. The molecule has 0 fully saturated rings. The lowest BCUT2D eigenvalue weighted by Gasteiger charge is -2.11. The first kappa shape index (κ1) is 15.6. The van der Waals surface area contributed by atoms with Gasteiger partial charge in [-0.1, -0.05) is 31.2 Å². The number of nitrogens with one attached hydrogen (secondary N) is 2. The maximum Gasteiger partial charge on any atom is 0.225 e. The fraction of sp³-hybridized carbons (Fsp3) is 0.118. The van der Waals surface area contributed by atoms with E-state index in [0.717, 1.165) is 26.5 Å². The van der Waals surface area contributed by atoms with Crippen LogP contribution in [0.2, 0.25) is 0 Å². The summed E-state index contributed by atoms with van der Waals surface area (Å²) >= 11 is 6.82. The maximum absolute atomic E-state index is 11.4. The van der Waals surface area contributed by atoms with Crippen molar-refractivity contribution in [1.82, 2.24) is 10.3 Å². The summed E-state index contributed by atoms with van der Waals surface area (Å²) in [5.74, 6) is -0.111. The Morgan fingerprint density at radius 2 is 1.91 bits per heavy atom. The van der Waals surface area contributed by atoms with Gasteiger partial charge in [0.2, 0.25) is 5.91 Å². The molecule has 1 heterocycles. The minimum Gasteiger partial charge on any atom is -0.332 e. The summed E-state index contributed by atoms with van der Waals surface area (Å²) < 4.78 is 1.14. The highest BCUT2D eigenvalue weighted by molar-refractivity contribution is 7.80. The van der Waals surface area contributed by atoms with Crippen LogP contribution in [0.25, 0.3) is 20.8 Å². The predicted octanol–water partition coefficient (Wildman–Crippen LogP) is 4.19. The molecule has 0 aliphatic heterocycles. The third kappa shape index (κ3) is 3.55. The first-order valence-electron chi connectivity index (χ1n) is 7.23. The van der Waals surface area contributed by atoms with E-state index in [2.05, 4.69) is 21.7 Å². The van der Waals surface area contributed by atoms with E-state index >= 15 is 0 Å². The Morgan fingerprint density at radius 3 is 2.70 bits per heavy atom. The lowest BCUT2D eigenvalue weighted by Crippen LogP contribution is -2.33. The van der Waals surface area contributed by atoms with Crippen LogP contribution in [0.15, 0.2) is 48.5 Å². The van der Waals surface area contributed by atoms with Crippen LogP contribution in [0.3, 0.4) is 0 Å². The number of amides is 1. The molecule has 4 nitrogen and oxygen atoms in total. The largest absolute Gasteiger partial charge is 0.332 e. The number of carbonyl (C=O) groups excluding carboxylic acids is 1. The van der Waals surface area contributed by atoms with Gasteiger partial charge in [0.15, 0.2) is 5.11 Å². The minimum absolute atomic E-state index is 0.111. The van der Waals surface area contributed by atoms with Crippen molar-refractivity contribution < 1.29 is 4.79 Å². The van der Waals surface area contributed by atoms with E-state index in [1.54, 1.807) is 18.3 Å². The highest BCUT2D eigenvalue weighted by atomic mass is 32.1. The van der Waals surface area contributed by atoms with Gasteiger partial charge in [0, 0.05) is 12.0 Å². The average Bonchev–Trinajstić information content (AvgIpc) is 2.99. The quantitative estimate of drug-likeness (QED) is 0.702. The molecule has 0 aliphatic carbocycles. The Kier molecular flexibility index (Phi) is 4.64. The highest BCUT2D eigenvalue weighted by Gasteiger charge is 2.11. The topological polar surface area (TPSA) is 54.0 Å². The van der Waals surface area contributed by atoms with Gasteiger partial charge in [-0.25, -0.2) is 4.98 Å². The number of hydrogen-bond acceptors (Lipinski definition) is 4. The van der Waals surface area contributed by atoms with Crippen molar-refractivity contribution in [3.63, 3.8) is 0 Å². The number of hydrogen-bond donors (Lipinski definition) is 2. The second kappa shape index (κ2) is 6.85. The second-order valence-corrected chi connectivity index (χ2v) is 6.33. The zero-order chi connectivity index (χ0) is 16.2. The summed E-state index contributed by atoms with van der Waals surface area (Å²) in [5.41, 5.74) is 2.76. The van der Waals surface area contributed by atoms with Gasteiger partial charge in [-0.05, 0) is 36.5 Å². The zero-order valence-electron chi connectivity index (χ0n) is 12.5. The minimum atomic E-state index is -0.111. The molecule has 0 unspecified atom stereocenters. The van der Waals surface area contributed by atoms with Crippen molar-refractivity contribution in [3.8, 4) is 10.6 Å². The first-order chi connectivity index (χ1) is 11.2. The van der Waals surface area contributed by atoms with Crippen LogP contribution >= 0.6 is 23.6 Å². The van der Waals surface area contributed by atoms with Crippen LogP contribution in [-0.2, 0) is 4.79 Å². The summed E-state index contributed by atoms with van der Waals surface area (Å²) in [4.78, 5) is 16.1. The van der Waals surface area contributed by atoms with E-state index in [0.29, 0.717) is 11.5 Å². The van der Waals surface area contributed by atoms with E-state index in [1.807, 2.05) is 42.5 Å². The van der Waals surface area contributed by atoms with Gasteiger partial charge in [-0.2, -0.15) is 0 Å². The monoisotopic (exact) mass is 341 g/mol. The maximum atomic E-state index is 11.4. The number of aromatic nitrogens is 1. The van der Waals surface area contributed by atoms with Crippen molar-refractivity contribution >= 4 is 50.5 Å². The van der Waals surface area contributed by atoms with Gasteiger partial charge in [0.05, 0.1) is 15.9 Å². The van der Waals surface area contributed by atoms with E-state index in [4.69, 9.17) is 12.2 Å². The van der Waals surface area contributed by atoms with E-state index < -0.39 is 0 Å². The normalized spacial score (nSPS) is 10.5. The van der Waals surface area contributed by atoms with Crippen LogP contribution in [0.5, 0.6) is 0 Å². The molecule has 116 valence electrons. The molecule has 0 saturated carbocycles. The Hall–Kier alpha value is -2.31. The molecule has 0 spiro atoms. The van der Waals surface area contributed by atoms with Crippen LogP contribution in [0, 0.1) is 0 Å². The van der Waals surface area contributed by atoms with Gasteiger partial charge in [0.25, 0.3) is 0 Å². The third-order valence-electron chi connectivity index (χ3n) is 3.27. The summed E-state index contributed by atoms with van der Waals surface area (Å²) in [7, 11) is 0. The van der Waals surface area contributed by atoms with Gasteiger partial charge in [0.1, 0.15) is 5.01 Å². The van der Waals surface area contributed by atoms with Gasteiger partial charge >= 0.3 is 0 Å². The molecule has 2 aromatic carbocycles. The highest BCUT2D eigenvalue weighted by Crippen LogP contribution is 2.34. The van der Waals surface area contributed by atoms with Crippen molar-refractivity contribution in [2.24, 2.45) is 0 Å². The number of fused-ring (bicyclic) bond motifs is 1. The Morgan fingerprint density at radius 1 is 1.17 bits per heavy atom. The Balaban J connectivity index is 1.91. The molecule has 0 bridgehead atoms. The first-order valence-corrected chi connectivity index (χ1v) is 8.45. The molecular weight excluding hydrogens is 326 g/mol. The molecule has 23 heavy (non-hydrogen) atoms. The summed E-state index contributed by atoms with van der Waals surface area (Å²) in [6, 6.07) is 15.8. The number of rotatable bonds is 3. The van der Waals surface area contributed by atoms with Crippen LogP contribution in [-0.4, -0.2) is 16.0 Å². The molecule has 3 aromatic rings. The van der Waals surface area contributed by atoms with E-state index in [9.17, 15) is 4.79 Å². The van der Waals surface area contributed by atoms with E-state index in [1.165, 1.54) is 0 Å². The molecule has 1 amide bonds. The fourth-order valence-electron chi connectivity index (χ4n) is 2.13. The molecule has 1 aromatic heterocycles. The van der Waals surface area contributed by atoms with Crippen LogP contribution in [0.4, 0.5) is 5.69 Å². The lowest BCUT2D eigenvalue weighted by molar-refractivity contribution is -0.119. The van der Waals surface area contributed by atoms with Crippen molar-refractivity contribution in [3.05, 3.63) is 48.5 Å². The number of thiazole rings is 1. The molecule has 3 rings (SSSR count). The molecule has 0 saturated heterocycles.